The third-order valence-electron chi connectivity index (χ3n) is 3.73. The van der Waals surface area contributed by atoms with Crippen LogP contribution in [0.15, 0.2) is 29.6 Å². The fraction of sp³-hybridized carbons (Fsp3) is 0.250. The molecule has 1 aromatic heterocycles. The zero-order chi connectivity index (χ0) is 17.3. The van der Waals surface area contributed by atoms with E-state index in [-0.39, 0.29) is 41.9 Å². The number of aromatic nitrogens is 1. The lowest BCUT2D eigenvalue weighted by atomic mass is 10.1. The molecule has 0 spiro atoms. The van der Waals surface area contributed by atoms with Gasteiger partial charge >= 0.3 is 0 Å². The van der Waals surface area contributed by atoms with Crippen molar-refractivity contribution >= 4 is 39.8 Å². The van der Waals surface area contributed by atoms with Crippen LogP contribution in [0.1, 0.15) is 23.8 Å². The Labute approximate surface area is 141 Å². The molecule has 2 amide bonds. The molecule has 0 radical (unpaired) electrons. The summed E-state index contributed by atoms with van der Waals surface area (Å²) in [6.07, 6.45) is 0.00507. The Morgan fingerprint density at radius 2 is 2.12 bits per heavy atom. The quantitative estimate of drug-likeness (QED) is 0.862. The molecule has 3 rings (SSSR count). The standard InChI is InChI=1S/C16H14FN3O3S/c1-9(21)12-8-24-16(18-12)19-15(23)10-6-14(22)20(7-10)13-5-3-2-4-11(13)17/h2-5,8,10H,6-7H2,1H3,(H,18,19,23)/t10-/m0/s1. The third-order valence-corrected chi connectivity index (χ3v) is 4.49. The zero-order valence-electron chi connectivity index (χ0n) is 12.8. The van der Waals surface area contributed by atoms with Gasteiger partial charge in [0.15, 0.2) is 10.9 Å². The van der Waals surface area contributed by atoms with Gasteiger partial charge in [0.05, 0.1) is 11.6 Å². The van der Waals surface area contributed by atoms with Crippen LogP contribution in [0.4, 0.5) is 15.2 Å². The van der Waals surface area contributed by atoms with Crippen LogP contribution < -0.4 is 10.2 Å². The molecule has 1 aliphatic rings. The first-order valence-electron chi connectivity index (χ1n) is 7.28. The van der Waals surface area contributed by atoms with Crippen molar-refractivity contribution in [3.05, 3.63) is 41.2 Å². The lowest BCUT2D eigenvalue weighted by Crippen LogP contribution is -2.28. The van der Waals surface area contributed by atoms with Crippen LogP contribution in [0, 0.1) is 11.7 Å². The largest absolute Gasteiger partial charge is 0.309 e. The Morgan fingerprint density at radius 1 is 1.38 bits per heavy atom. The first kappa shape index (κ1) is 16.3. The van der Waals surface area contributed by atoms with Gasteiger partial charge in [-0.1, -0.05) is 12.1 Å². The summed E-state index contributed by atoms with van der Waals surface area (Å²) < 4.78 is 13.8. The summed E-state index contributed by atoms with van der Waals surface area (Å²) in [5, 5.41) is 4.48. The molecule has 1 aliphatic heterocycles. The minimum absolute atomic E-state index is 0.00507. The predicted molar refractivity (Wildman–Crippen MR) is 87.6 cm³/mol. The number of amides is 2. The van der Waals surface area contributed by atoms with Crippen LogP contribution in [0.25, 0.3) is 0 Å². The van der Waals surface area contributed by atoms with Gasteiger partial charge in [0.1, 0.15) is 11.5 Å². The highest BCUT2D eigenvalue weighted by Gasteiger charge is 2.36. The van der Waals surface area contributed by atoms with Gasteiger partial charge < -0.3 is 10.2 Å². The summed E-state index contributed by atoms with van der Waals surface area (Å²) in [5.41, 5.74) is 0.455. The summed E-state index contributed by atoms with van der Waals surface area (Å²) in [6, 6.07) is 5.96. The van der Waals surface area contributed by atoms with Crippen molar-refractivity contribution < 1.29 is 18.8 Å². The average Bonchev–Trinajstić information content (AvgIpc) is 3.15. The minimum Gasteiger partial charge on any atom is -0.309 e. The van der Waals surface area contributed by atoms with Gasteiger partial charge in [0.25, 0.3) is 0 Å². The maximum atomic E-state index is 13.8. The number of nitrogens with zero attached hydrogens (tertiary/aromatic N) is 2. The molecular weight excluding hydrogens is 333 g/mol. The number of hydrogen-bond donors (Lipinski definition) is 1. The molecule has 1 saturated heterocycles. The minimum atomic E-state index is -0.596. The summed E-state index contributed by atoms with van der Waals surface area (Å²) in [4.78, 5) is 40.9. The lowest BCUT2D eigenvalue weighted by molar-refractivity contribution is -0.122. The summed E-state index contributed by atoms with van der Waals surface area (Å²) in [6.45, 7) is 1.50. The van der Waals surface area contributed by atoms with Crippen LogP contribution in [0.3, 0.4) is 0 Å². The SMILES string of the molecule is CC(=O)c1csc(NC(=O)[C@H]2CC(=O)N(c3ccccc3F)C2)n1. The van der Waals surface area contributed by atoms with Crippen molar-refractivity contribution in [2.75, 3.05) is 16.8 Å². The maximum Gasteiger partial charge on any atom is 0.231 e. The van der Waals surface area contributed by atoms with Crippen molar-refractivity contribution in [3.63, 3.8) is 0 Å². The Balaban J connectivity index is 1.70. The first-order chi connectivity index (χ1) is 11.5. The molecule has 124 valence electrons. The second-order valence-electron chi connectivity index (χ2n) is 5.44. The van der Waals surface area contributed by atoms with Crippen LogP contribution in [-0.4, -0.2) is 29.1 Å². The third kappa shape index (κ3) is 3.18. The number of anilines is 2. The Morgan fingerprint density at radius 3 is 2.79 bits per heavy atom. The number of benzene rings is 1. The topological polar surface area (TPSA) is 79.4 Å². The zero-order valence-corrected chi connectivity index (χ0v) is 13.6. The smallest absolute Gasteiger partial charge is 0.231 e. The first-order valence-corrected chi connectivity index (χ1v) is 8.16. The monoisotopic (exact) mass is 347 g/mol. The van der Waals surface area contributed by atoms with Gasteiger partial charge in [0.2, 0.25) is 11.8 Å². The van der Waals surface area contributed by atoms with Gasteiger partial charge in [-0.2, -0.15) is 0 Å². The van der Waals surface area contributed by atoms with Crippen LogP contribution >= 0.6 is 11.3 Å². The van der Waals surface area contributed by atoms with Crippen molar-refractivity contribution in [1.82, 2.24) is 4.98 Å². The van der Waals surface area contributed by atoms with E-state index in [2.05, 4.69) is 10.3 Å². The fourth-order valence-electron chi connectivity index (χ4n) is 2.49. The van der Waals surface area contributed by atoms with E-state index < -0.39 is 11.7 Å². The molecule has 1 aromatic carbocycles. The highest BCUT2D eigenvalue weighted by molar-refractivity contribution is 7.14. The molecule has 2 aromatic rings. The van der Waals surface area contributed by atoms with Gasteiger partial charge in [-0.25, -0.2) is 9.37 Å². The highest BCUT2D eigenvalue weighted by atomic mass is 32.1. The second-order valence-corrected chi connectivity index (χ2v) is 6.30. The van der Waals surface area contributed by atoms with Crippen LogP contribution in [0.2, 0.25) is 0 Å². The normalized spacial score (nSPS) is 17.2. The van der Waals surface area contributed by atoms with Crippen molar-refractivity contribution in [2.24, 2.45) is 5.92 Å². The Hall–Kier alpha value is -2.61. The van der Waals surface area contributed by atoms with E-state index in [1.165, 1.54) is 24.0 Å². The Bertz CT molecular complexity index is 820. The number of thiazole rings is 1. The highest BCUT2D eigenvalue weighted by Crippen LogP contribution is 2.28. The van der Waals surface area contributed by atoms with E-state index in [1.54, 1.807) is 17.5 Å². The van der Waals surface area contributed by atoms with Crippen molar-refractivity contribution in [2.45, 2.75) is 13.3 Å². The van der Waals surface area contributed by atoms with E-state index in [1.807, 2.05) is 0 Å². The molecule has 1 N–H and O–H groups in total. The molecule has 8 heteroatoms. The van der Waals surface area contributed by atoms with Crippen LogP contribution in [-0.2, 0) is 9.59 Å². The second kappa shape index (κ2) is 6.48. The molecule has 24 heavy (non-hydrogen) atoms. The molecule has 1 fully saturated rings. The fourth-order valence-corrected chi connectivity index (χ4v) is 3.24. The van der Waals surface area contributed by atoms with Gasteiger partial charge in [0, 0.05) is 25.3 Å². The van der Waals surface area contributed by atoms with Gasteiger partial charge in [-0.05, 0) is 12.1 Å². The van der Waals surface area contributed by atoms with Crippen molar-refractivity contribution in [3.8, 4) is 0 Å². The number of carbonyl (C=O) groups is 3. The molecule has 1 atom stereocenters. The maximum absolute atomic E-state index is 13.8. The predicted octanol–water partition coefficient (Wildman–Crippen LogP) is 2.48. The number of nitrogens with one attached hydrogen (secondary N) is 1. The van der Waals surface area contributed by atoms with Crippen molar-refractivity contribution in [1.29, 1.82) is 0 Å². The number of para-hydroxylation sites is 1. The average molecular weight is 347 g/mol. The molecular formula is C16H14FN3O3S. The number of Topliss-reactive ketones (excluding diaryl/α,β-unsaturated/α-hetero) is 1. The number of halogens is 1. The molecule has 2 heterocycles. The summed E-state index contributed by atoms with van der Waals surface area (Å²) in [5.74, 6) is -1.95. The lowest BCUT2D eigenvalue weighted by Gasteiger charge is -2.17. The molecule has 0 aliphatic carbocycles. The van der Waals surface area contributed by atoms with E-state index in [9.17, 15) is 18.8 Å². The summed E-state index contributed by atoms with van der Waals surface area (Å²) in [7, 11) is 0. The molecule has 6 nitrogen and oxygen atoms in total. The number of rotatable bonds is 4. The number of carbonyl (C=O) groups excluding carboxylic acids is 3. The molecule has 0 saturated carbocycles. The Kier molecular flexibility index (Phi) is 4.39. The van der Waals surface area contributed by atoms with E-state index in [4.69, 9.17) is 0 Å². The summed E-state index contributed by atoms with van der Waals surface area (Å²) >= 11 is 1.14. The van der Waals surface area contributed by atoms with Gasteiger partial charge in [-0.15, -0.1) is 11.3 Å². The number of hydrogen-bond acceptors (Lipinski definition) is 5. The molecule has 0 bridgehead atoms. The van der Waals surface area contributed by atoms with Crippen LogP contribution in [0.5, 0.6) is 0 Å². The van der Waals surface area contributed by atoms with E-state index >= 15 is 0 Å². The number of ketones is 1. The van der Waals surface area contributed by atoms with E-state index in [0.29, 0.717) is 5.13 Å². The molecule has 0 unspecified atom stereocenters. The van der Waals surface area contributed by atoms with E-state index in [0.717, 1.165) is 11.3 Å². The van der Waals surface area contributed by atoms with Gasteiger partial charge in [-0.3, -0.25) is 14.4 Å².